The number of amides is 2. The molecule has 0 bridgehead atoms. The van der Waals surface area contributed by atoms with E-state index >= 15 is 0 Å². The zero-order valence-electron chi connectivity index (χ0n) is 25.3. The first-order chi connectivity index (χ1) is 21.6. The molecule has 0 aromatic heterocycles. The highest BCUT2D eigenvalue weighted by molar-refractivity contribution is 5.99. The number of hydrogen-bond acceptors (Lipinski definition) is 5. The Labute approximate surface area is 260 Å². The summed E-state index contributed by atoms with van der Waals surface area (Å²) in [6, 6.07) is 36.8. The summed E-state index contributed by atoms with van der Waals surface area (Å²) < 4.78 is 5.51. The first-order valence-electron chi connectivity index (χ1n) is 15.6. The summed E-state index contributed by atoms with van der Waals surface area (Å²) in [6.45, 7) is 6.81. The van der Waals surface area contributed by atoms with Crippen LogP contribution in [0.1, 0.15) is 63.0 Å². The lowest BCUT2D eigenvalue weighted by atomic mass is 9.96. The third kappa shape index (κ3) is 6.39. The van der Waals surface area contributed by atoms with Crippen LogP contribution in [0.25, 0.3) is 0 Å². The molecule has 2 aliphatic heterocycles. The number of benzene rings is 4. The van der Waals surface area contributed by atoms with E-state index < -0.39 is 0 Å². The van der Waals surface area contributed by atoms with E-state index in [9.17, 15) is 9.59 Å². The molecule has 0 saturated carbocycles. The molecule has 2 heterocycles. The minimum absolute atomic E-state index is 0.0299. The largest absolute Gasteiger partial charge is 0.382 e. The molecule has 1 saturated heterocycles. The van der Waals surface area contributed by atoms with Gasteiger partial charge in [-0.1, -0.05) is 78.9 Å². The van der Waals surface area contributed by atoms with Crippen molar-refractivity contribution in [2.24, 2.45) is 0 Å². The average Bonchev–Trinajstić information content (AvgIpc) is 3.34. The van der Waals surface area contributed by atoms with Crippen molar-refractivity contribution in [1.82, 2.24) is 14.7 Å². The van der Waals surface area contributed by atoms with Crippen LogP contribution in [0.3, 0.4) is 0 Å². The van der Waals surface area contributed by atoms with Crippen LogP contribution >= 0.6 is 0 Å². The number of nitrogens with one attached hydrogen (secondary N) is 1. The van der Waals surface area contributed by atoms with E-state index in [1.807, 2.05) is 65.3 Å². The monoisotopic (exact) mass is 588 g/mol. The predicted octanol–water partition coefficient (Wildman–Crippen LogP) is 6.23. The first kappa shape index (κ1) is 29.6. The van der Waals surface area contributed by atoms with Gasteiger partial charge in [-0.15, -0.1) is 0 Å². The standard InChI is InChI=1S/C37H40N4O3/c1-2-44-27-11-22-41-35(32-16-9-10-17-33(32)37(41)43)38-31-20-18-30(19-21-31)36(42)40-25-23-39(24-26-40)34(28-12-5-3-6-13-28)29-14-7-4-8-15-29/h3-10,12-21,34-35,38H,2,11,22-27H2,1H3. The average molecular weight is 589 g/mol. The summed E-state index contributed by atoms with van der Waals surface area (Å²) in [4.78, 5) is 33.0. The van der Waals surface area contributed by atoms with Gasteiger partial charge < -0.3 is 19.9 Å². The van der Waals surface area contributed by atoms with Gasteiger partial charge in [-0.2, -0.15) is 0 Å². The van der Waals surface area contributed by atoms with Gasteiger partial charge in [-0.05, 0) is 54.8 Å². The molecule has 0 radical (unpaired) electrons. The maximum Gasteiger partial charge on any atom is 0.256 e. The fraction of sp³-hybridized carbons (Fsp3) is 0.297. The number of fused-ring (bicyclic) bond motifs is 1. The van der Waals surface area contributed by atoms with Gasteiger partial charge in [0.15, 0.2) is 0 Å². The van der Waals surface area contributed by atoms with E-state index in [4.69, 9.17) is 4.74 Å². The Bertz CT molecular complexity index is 1500. The molecule has 2 amide bonds. The zero-order valence-corrected chi connectivity index (χ0v) is 25.3. The Kier molecular flexibility index (Phi) is 9.34. The van der Waals surface area contributed by atoms with Crippen LogP contribution in [0.5, 0.6) is 0 Å². The quantitative estimate of drug-likeness (QED) is 0.211. The predicted molar refractivity (Wildman–Crippen MR) is 174 cm³/mol. The molecule has 4 aromatic rings. The van der Waals surface area contributed by atoms with E-state index in [1.165, 1.54) is 11.1 Å². The summed E-state index contributed by atoms with van der Waals surface area (Å²) in [6.07, 6.45) is 0.501. The second kappa shape index (κ2) is 13.9. The highest BCUT2D eigenvalue weighted by atomic mass is 16.5. The molecule has 0 aliphatic carbocycles. The van der Waals surface area contributed by atoms with Crippen LogP contribution in [0.2, 0.25) is 0 Å². The molecule has 6 rings (SSSR count). The molecule has 44 heavy (non-hydrogen) atoms. The summed E-state index contributed by atoms with van der Waals surface area (Å²) in [7, 11) is 0. The minimum Gasteiger partial charge on any atom is -0.382 e. The second-order valence-electron chi connectivity index (χ2n) is 11.3. The van der Waals surface area contributed by atoms with Crippen molar-refractivity contribution in [3.8, 4) is 0 Å². The number of carbonyl (C=O) groups excluding carboxylic acids is 2. The maximum absolute atomic E-state index is 13.5. The summed E-state index contributed by atoms with van der Waals surface area (Å²) in [5, 5.41) is 3.55. The molecule has 7 nitrogen and oxygen atoms in total. The van der Waals surface area contributed by atoms with Gasteiger partial charge >= 0.3 is 0 Å². The van der Waals surface area contributed by atoms with Gasteiger partial charge in [0.25, 0.3) is 11.8 Å². The SMILES string of the molecule is CCOCCCN1C(=O)c2ccccc2C1Nc1ccc(C(=O)N2CCN(C(c3ccccc3)c3ccccc3)CC2)cc1. The van der Waals surface area contributed by atoms with Crippen molar-refractivity contribution in [3.05, 3.63) is 137 Å². The molecule has 226 valence electrons. The Morgan fingerprint density at radius 2 is 1.43 bits per heavy atom. The van der Waals surface area contributed by atoms with Crippen LogP contribution in [-0.4, -0.2) is 72.5 Å². The van der Waals surface area contributed by atoms with Gasteiger partial charge in [0, 0.05) is 68.3 Å². The highest BCUT2D eigenvalue weighted by Gasteiger charge is 2.36. The molecule has 2 aliphatic rings. The second-order valence-corrected chi connectivity index (χ2v) is 11.3. The van der Waals surface area contributed by atoms with Crippen molar-refractivity contribution in [1.29, 1.82) is 0 Å². The van der Waals surface area contributed by atoms with E-state index in [1.54, 1.807) is 0 Å². The fourth-order valence-electron chi connectivity index (χ4n) is 6.36. The Balaban J connectivity index is 1.10. The third-order valence-electron chi connectivity index (χ3n) is 8.58. The number of rotatable bonds is 11. The summed E-state index contributed by atoms with van der Waals surface area (Å²) >= 11 is 0. The topological polar surface area (TPSA) is 65.1 Å². The van der Waals surface area contributed by atoms with E-state index in [2.05, 4.69) is 70.9 Å². The lowest BCUT2D eigenvalue weighted by Crippen LogP contribution is -2.49. The van der Waals surface area contributed by atoms with Crippen LogP contribution in [0.15, 0.2) is 109 Å². The number of nitrogens with zero attached hydrogens (tertiary/aromatic N) is 3. The molecular weight excluding hydrogens is 548 g/mol. The smallest absolute Gasteiger partial charge is 0.256 e. The lowest BCUT2D eigenvalue weighted by Gasteiger charge is -2.39. The molecule has 4 aromatic carbocycles. The molecule has 1 fully saturated rings. The molecular formula is C37H40N4O3. The first-order valence-corrected chi connectivity index (χ1v) is 15.6. The number of anilines is 1. The molecule has 1 N–H and O–H groups in total. The van der Waals surface area contributed by atoms with E-state index in [-0.39, 0.29) is 24.0 Å². The zero-order chi connectivity index (χ0) is 30.3. The molecule has 1 atom stereocenters. The van der Waals surface area contributed by atoms with Gasteiger partial charge in [0.1, 0.15) is 6.17 Å². The van der Waals surface area contributed by atoms with E-state index in [0.717, 1.165) is 36.3 Å². The van der Waals surface area contributed by atoms with E-state index in [0.29, 0.717) is 38.4 Å². The van der Waals surface area contributed by atoms with Gasteiger partial charge in [-0.25, -0.2) is 0 Å². The number of piperazine rings is 1. The van der Waals surface area contributed by atoms with Crippen molar-refractivity contribution in [3.63, 3.8) is 0 Å². The van der Waals surface area contributed by atoms with Gasteiger partial charge in [-0.3, -0.25) is 14.5 Å². The van der Waals surface area contributed by atoms with Crippen molar-refractivity contribution in [2.45, 2.75) is 25.6 Å². The molecule has 7 heteroatoms. The van der Waals surface area contributed by atoms with Crippen LogP contribution in [0.4, 0.5) is 5.69 Å². The highest BCUT2D eigenvalue weighted by Crippen LogP contribution is 2.35. The van der Waals surface area contributed by atoms with Crippen LogP contribution < -0.4 is 5.32 Å². The van der Waals surface area contributed by atoms with Crippen LogP contribution in [-0.2, 0) is 4.74 Å². The Morgan fingerprint density at radius 1 is 0.818 bits per heavy atom. The maximum atomic E-state index is 13.5. The summed E-state index contributed by atoms with van der Waals surface area (Å²) in [5.74, 6) is 0.0772. The van der Waals surface area contributed by atoms with Gasteiger partial charge in [0.2, 0.25) is 0 Å². The minimum atomic E-state index is -0.267. The fourth-order valence-corrected chi connectivity index (χ4v) is 6.36. The molecule has 0 spiro atoms. The third-order valence-corrected chi connectivity index (χ3v) is 8.58. The Morgan fingerprint density at radius 3 is 2.07 bits per heavy atom. The number of ether oxygens (including phenoxy) is 1. The normalized spacial score (nSPS) is 16.8. The lowest BCUT2D eigenvalue weighted by molar-refractivity contribution is 0.0597. The van der Waals surface area contributed by atoms with Crippen molar-refractivity contribution >= 4 is 17.5 Å². The number of carbonyl (C=O) groups is 2. The molecule has 1 unspecified atom stereocenters. The summed E-state index contributed by atoms with van der Waals surface area (Å²) in [5.41, 5.74) is 5.76. The van der Waals surface area contributed by atoms with Crippen molar-refractivity contribution < 1.29 is 14.3 Å². The number of hydrogen-bond donors (Lipinski definition) is 1. The van der Waals surface area contributed by atoms with Crippen LogP contribution in [0, 0.1) is 0 Å². The Hall–Kier alpha value is -4.46. The van der Waals surface area contributed by atoms with Gasteiger partial charge in [0.05, 0.1) is 6.04 Å². The van der Waals surface area contributed by atoms with Crippen molar-refractivity contribution in [2.75, 3.05) is 51.3 Å².